The SMILES string of the molecule is CC(C)CCCCC(=O)N1C[C@H](OC(C)C)C[C@H]1COP(=O)(O)OC1C[C@@H](COC(C)C)N(C(=O)CCNC(C)C)C1.CC(C)CCCCC(=O)N1C[C@H](OC(C)C)C[C@H]1COP(=O)(O)O[C@@H]1C[C@@H](COC(C)C)N(C(=O)CCNC(C)C)C1.CC(C)CCSC1CC(=O)N(CC2CCC(C(=O)CC(Cc3ccc(O)cc3)C(=O)NC(C)C)CC2)C1=O. The van der Waals surface area contributed by atoms with Crippen molar-refractivity contribution in [2.45, 2.75) is 376 Å². The van der Waals surface area contributed by atoms with Crippen LogP contribution < -0.4 is 16.0 Å². The number of hydrogen-bond acceptors (Lipinski definition) is 22. The molecular weight excluding hydrogens is 1620 g/mol. The van der Waals surface area contributed by atoms with E-state index in [1.165, 1.54) is 4.90 Å². The van der Waals surface area contributed by atoms with Gasteiger partial charge in [0.15, 0.2) is 0 Å². The number of aromatic hydroxyl groups is 1. The van der Waals surface area contributed by atoms with E-state index in [9.17, 15) is 62.4 Å². The van der Waals surface area contributed by atoms with E-state index < -0.39 is 33.8 Å². The summed E-state index contributed by atoms with van der Waals surface area (Å²) in [6.45, 7) is 43.6. The van der Waals surface area contributed by atoms with Gasteiger partial charge >= 0.3 is 15.6 Å². The van der Waals surface area contributed by atoms with Crippen molar-refractivity contribution in [3.8, 4) is 5.75 Å². The number of likely N-dealkylation sites (tertiary alicyclic amines) is 5. The molecule has 7 amide bonds. The average Bonchev–Trinajstić information content (AvgIpc) is 1.67. The Bertz CT molecular complexity index is 3260. The quantitative estimate of drug-likeness (QED) is 0.0200. The topological polar surface area (TPSA) is 358 Å². The van der Waals surface area contributed by atoms with Crippen LogP contribution in [0.5, 0.6) is 5.75 Å². The van der Waals surface area contributed by atoms with E-state index in [1.807, 2.05) is 96.9 Å². The number of imide groups is 1. The van der Waals surface area contributed by atoms with Gasteiger partial charge in [0.1, 0.15) is 11.5 Å². The molecule has 0 bridgehead atoms. The van der Waals surface area contributed by atoms with Gasteiger partial charge in [-0.3, -0.25) is 61.4 Å². The fraction of sp³-hybridized carbons (Fsp3) is 0.844. The van der Waals surface area contributed by atoms with Crippen LogP contribution in [0.25, 0.3) is 0 Å². The number of phenolic OH excluding ortho intramolecular Hbond substituents is 1. The first-order valence-corrected chi connectivity index (χ1v) is 50.0. The Balaban J connectivity index is 0.000000326. The lowest BCUT2D eigenvalue weighted by molar-refractivity contribution is -0.140. The third-order valence-corrected chi connectivity index (χ3v) is 26.0. The molecule has 0 radical (unpaired) electrons. The molecule has 1 aromatic rings. The van der Waals surface area contributed by atoms with Gasteiger partial charge < -0.3 is 69.4 Å². The molecule has 12 atom stereocenters. The number of amides is 7. The number of ketones is 1. The number of hydrogen-bond donors (Lipinski definition) is 6. The van der Waals surface area contributed by atoms with Gasteiger partial charge in [-0.15, -0.1) is 11.8 Å². The molecule has 6 aliphatic rings. The standard InChI is InChI=1S/2C30H58N3O8P.C30H44N2O5S/c2*1-21(2)11-9-10-12-29(34)32-17-27(40-24(7)8)15-26(32)20-39-42(36,37)41-28-16-25(19-38-23(5)6)33(18-28)30(35)13-14-31-22(3)4;1-19(2)13-14-38-27-17-28(35)32(30(27)37)18-22-5-9-23(10-6-22)26(34)16-24(29(36)31-20(3)4)15-21-7-11-25(33)12-8-21/h2*21-28,31H,9-20H2,1-8H3,(H,36,37);7-8,11-12,19-20,22-24,27,33H,5-6,9-10,13-18H2,1-4H3,(H,31,36)/t25-,26-,27+,28?;25-,26-,27+,28+;/m00./s1. The fourth-order valence-electron chi connectivity index (χ4n) is 16.4. The zero-order valence-electron chi connectivity index (χ0n) is 77.8. The van der Waals surface area contributed by atoms with Crippen molar-refractivity contribution >= 4 is 74.5 Å². The fourth-order valence-corrected chi connectivity index (χ4v) is 19.7. The highest BCUT2D eigenvalue weighted by molar-refractivity contribution is 8.00. The van der Waals surface area contributed by atoms with Gasteiger partial charge in [-0.05, 0) is 193 Å². The first-order chi connectivity index (χ1) is 57.4. The van der Waals surface area contributed by atoms with Gasteiger partial charge in [-0.1, -0.05) is 107 Å². The number of thioether (sulfide) groups is 1. The second-order valence-electron chi connectivity index (χ2n) is 37.8. The summed E-state index contributed by atoms with van der Waals surface area (Å²) in [6.07, 6.45) is 12.5. The third kappa shape index (κ3) is 41.3. The van der Waals surface area contributed by atoms with E-state index in [0.29, 0.717) is 128 Å². The predicted octanol–water partition coefficient (Wildman–Crippen LogP) is 13.8. The minimum Gasteiger partial charge on any atom is -0.508 e. The molecule has 122 heavy (non-hydrogen) atoms. The number of carbonyl (C=O) groups excluding carboxylic acids is 8. The predicted molar refractivity (Wildman–Crippen MR) is 477 cm³/mol. The Kier molecular flexibility index (Phi) is 48.5. The van der Waals surface area contributed by atoms with Crippen LogP contribution in [0, 0.1) is 35.5 Å². The minimum atomic E-state index is -4.46. The molecule has 0 aromatic heterocycles. The van der Waals surface area contributed by atoms with Crippen LogP contribution in [0.3, 0.4) is 0 Å². The van der Waals surface area contributed by atoms with E-state index in [-0.39, 0.29) is 182 Å². The number of phosphoric ester groups is 2. The largest absolute Gasteiger partial charge is 0.508 e. The van der Waals surface area contributed by atoms with Gasteiger partial charge in [0.05, 0.1) is 105 Å². The van der Waals surface area contributed by atoms with E-state index in [4.69, 9.17) is 37.0 Å². The molecule has 5 aliphatic heterocycles. The van der Waals surface area contributed by atoms with Crippen LogP contribution >= 0.6 is 27.4 Å². The Hall–Kier alpha value is -4.49. The number of Topliss-reactive ketones (excluding diaryl/α,β-unsaturated/α-hetero) is 1. The molecule has 6 fully saturated rings. The number of rotatable bonds is 51. The van der Waals surface area contributed by atoms with Crippen LogP contribution in [-0.4, -0.2) is 261 Å². The summed E-state index contributed by atoms with van der Waals surface area (Å²) < 4.78 is 71.8. The molecular formula is C90H160N8O21P2S. The van der Waals surface area contributed by atoms with Crippen molar-refractivity contribution in [3.05, 3.63) is 29.8 Å². The van der Waals surface area contributed by atoms with Gasteiger partial charge in [0.2, 0.25) is 41.4 Å². The zero-order chi connectivity index (χ0) is 90.7. The Morgan fingerprint density at radius 1 is 0.500 bits per heavy atom. The average molecular weight is 1780 g/mol. The lowest BCUT2D eigenvalue weighted by atomic mass is 9.77. The zero-order valence-corrected chi connectivity index (χ0v) is 80.4. The van der Waals surface area contributed by atoms with Crippen LogP contribution in [0.15, 0.2) is 24.3 Å². The Morgan fingerprint density at radius 2 is 0.902 bits per heavy atom. The Labute approximate surface area is 735 Å². The van der Waals surface area contributed by atoms with Crippen molar-refractivity contribution in [3.63, 3.8) is 0 Å². The van der Waals surface area contributed by atoms with Gasteiger partial charge in [0, 0.05) is 114 Å². The highest BCUT2D eigenvalue weighted by Crippen LogP contribution is 2.49. The number of ether oxygens (including phenoxy) is 4. The summed E-state index contributed by atoms with van der Waals surface area (Å²) in [5.41, 5.74) is 0.906. The molecule has 1 saturated carbocycles. The first kappa shape index (κ1) is 108. The lowest BCUT2D eigenvalue weighted by Crippen LogP contribution is -2.40. The third-order valence-electron chi connectivity index (χ3n) is 22.6. The maximum absolute atomic E-state index is 13.2. The summed E-state index contributed by atoms with van der Waals surface area (Å²) in [7, 11) is -8.92. The molecule has 702 valence electrons. The summed E-state index contributed by atoms with van der Waals surface area (Å²) in [5, 5.41) is 18.8. The van der Waals surface area contributed by atoms with Gasteiger partial charge in [-0.25, -0.2) is 9.13 Å². The second kappa shape index (κ2) is 54.7. The molecule has 32 heteroatoms. The number of nitrogens with one attached hydrogen (secondary N) is 3. The molecule has 0 spiro atoms. The van der Waals surface area contributed by atoms with E-state index in [2.05, 4.69) is 57.5 Å². The van der Waals surface area contributed by atoms with Crippen LogP contribution in [0.2, 0.25) is 0 Å². The van der Waals surface area contributed by atoms with Crippen molar-refractivity contribution in [1.29, 1.82) is 0 Å². The van der Waals surface area contributed by atoms with Gasteiger partial charge in [-0.2, -0.15) is 0 Å². The van der Waals surface area contributed by atoms with Crippen LogP contribution in [0.1, 0.15) is 279 Å². The number of phosphoric acid groups is 2. The molecule has 7 rings (SSSR count). The van der Waals surface area contributed by atoms with Crippen LogP contribution in [-0.2, 0) is 90.9 Å². The summed E-state index contributed by atoms with van der Waals surface area (Å²) in [4.78, 5) is 133. The molecule has 1 aliphatic carbocycles. The van der Waals surface area contributed by atoms with Crippen molar-refractivity contribution in [1.82, 2.24) is 40.4 Å². The molecule has 5 saturated heterocycles. The highest BCUT2D eigenvalue weighted by Gasteiger charge is 2.46. The first-order valence-electron chi connectivity index (χ1n) is 45.9. The summed E-state index contributed by atoms with van der Waals surface area (Å²) in [5.74, 6) is 2.31. The molecule has 6 N–H and O–H groups in total. The maximum atomic E-state index is 13.2. The van der Waals surface area contributed by atoms with Crippen LogP contribution in [0.4, 0.5) is 0 Å². The Morgan fingerprint density at radius 3 is 1.30 bits per heavy atom. The van der Waals surface area contributed by atoms with Crippen molar-refractivity contribution < 1.29 is 99.4 Å². The molecule has 1 aromatic carbocycles. The van der Waals surface area contributed by atoms with Crippen molar-refractivity contribution in [2.75, 3.05) is 78.0 Å². The maximum Gasteiger partial charge on any atom is 0.472 e. The monoisotopic (exact) mass is 1780 g/mol. The number of carbonyl (C=O) groups is 8. The lowest BCUT2D eigenvalue weighted by Gasteiger charge is -2.30. The number of benzene rings is 1. The smallest absolute Gasteiger partial charge is 0.472 e. The number of nitrogens with zero attached hydrogens (tertiary/aromatic N) is 5. The van der Waals surface area contributed by atoms with Crippen molar-refractivity contribution in [2.24, 2.45) is 35.5 Å². The second-order valence-corrected chi connectivity index (χ2v) is 41.9. The highest BCUT2D eigenvalue weighted by atomic mass is 32.2. The molecule has 29 nitrogen and oxygen atoms in total. The minimum absolute atomic E-state index is 0.00624. The molecule has 5 heterocycles. The van der Waals surface area contributed by atoms with E-state index >= 15 is 0 Å². The number of phenols is 1. The molecule has 5 unspecified atom stereocenters. The number of unbranched alkanes of at least 4 members (excludes halogenated alkanes) is 2. The summed E-state index contributed by atoms with van der Waals surface area (Å²) >= 11 is 1.61. The van der Waals surface area contributed by atoms with E-state index in [1.54, 1.807) is 55.6 Å². The van der Waals surface area contributed by atoms with Gasteiger partial charge in [0.25, 0.3) is 0 Å². The van der Waals surface area contributed by atoms with E-state index in [0.717, 1.165) is 81.9 Å². The normalized spacial score (nSPS) is 24.0. The summed E-state index contributed by atoms with van der Waals surface area (Å²) in [6, 6.07) is 6.03.